The molecule has 0 N–H and O–H groups in total. The van der Waals surface area contributed by atoms with Gasteiger partial charge in [-0.25, -0.2) is 0 Å². The molecule has 0 atom stereocenters. The van der Waals surface area contributed by atoms with Crippen LogP contribution in [0.1, 0.15) is 7.43 Å². The summed E-state index contributed by atoms with van der Waals surface area (Å²) in [6, 6.07) is 0. The van der Waals surface area contributed by atoms with Crippen LogP contribution in [0.5, 0.6) is 0 Å². The molecule has 0 unspecified atom stereocenters. The Morgan fingerprint density at radius 3 is 1.50 bits per heavy atom. The molecule has 0 bridgehead atoms. The molecular formula is C3H7NOY-2. The monoisotopic (exact) mass is 162 g/mol. The van der Waals surface area contributed by atoms with E-state index in [1.807, 2.05) is 0 Å². The molecule has 0 amide bonds. The number of nitrogens with zero attached hydrogens (tertiary/aromatic N) is 1. The van der Waals surface area contributed by atoms with E-state index in [1.54, 1.807) is 0 Å². The Labute approximate surface area is 63.7 Å². The third kappa shape index (κ3) is 232. The first-order chi connectivity index (χ1) is 1.41. The van der Waals surface area contributed by atoms with Crippen molar-refractivity contribution in [3.8, 4) is 0 Å². The molecule has 0 heterocycles. The van der Waals surface area contributed by atoms with Crippen molar-refractivity contribution in [2.45, 2.75) is 7.43 Å². The Hall–Kier alpha value is 0.484. The van der Waals surface area contributed by atoms with Gasteiger partial charge in [0.25, 0.3) is 0 Å². The van der Waals surface area contributed by atoms with Gasteiger partial charge >= 0.3 is 0 Å². The van der Waals surface area contributed by atoms with Gasteiger partial charge in [0.15, 0.2) is 0 Å². The van der Waals surface area contributed by atoms with Crippen LogP contribution >= 0.6 is 0 Å². The number of hydrogen-bond donors (Lipinski definition) is 0. The molecule has 35 valence electrons. The van der Waals surface area contributed by atoms with Crippen molar-refractivity contribution in [3.63, 3.8) is 0 Å². The zero-order valence-electron chi connectivity index (χ0n) is 2.93. The topological polar surface area (TPSA) is 39.4 Å². The Balaban J connectivity index is -0.00000000667. The average molecular weight is 162 g/mol. The maximum atomic E-state index is 8.24. The predicted octanol–water partition coefficient (Wildman–Crippen LogP) is 0.975. The van der Waals surface area contributed by atoms with Crippen molar-refractivity contribution in [3.05, 3.63) is 12.8 Å². The van der Waals surface area contributed by atoms with Gasteiger partial charge in [0, 0.05) is 32.7 Å². The minimum Gasteiger partial charge on any atom is -0.724 e. The molecule has 0 saturated heterocycles. The van der Waals surface area contributed by atoms with Crippen LogP contribution in [-0.2, 0) is 37.5 Å². The minimum absolute atomic E-state index is 0. The fourth-order valence-electron chi connectivity index (χ4n) is 0. The SMILES string of the molecule is C.[CH3-].[N-]=C=O.[Y]. The van der Waals surface area contributed by atoms with Gasteiger partial charge in [-0.1, -0.05) is 7.43 Å². The summed E-state index contributed by atoms with van der Waals surface area (Å²) < 4.78 is 0. The predicted molar refractivity (Wildman–Crippen MR) is 22.2 cm³/mol. The van der Waals surface area contributed by atoms with E-state index in [9.17, 15) is 0 Å². The number of isocyanates is 1. The van der Waals surface area contributed by atoms with Gasteiger partial charge in [-0.2, -0.15) is 0 Å². The summed E-state index contributed by atoms with van der Waals surface area (Å²) >= 11 is 0. The molecule has 6 heavy (non-hydrogen) atoms. The molecule has 0 aromatic carbocycles. The molecule has 3 heteroatoms. The summed E-state index contributed by atoms with van der Waals surface area (Å²) in [6.45, 7) is 0. The van der Waals surface area contributed by atoms with Crippen molar-refractivity contribution in [1.82, 2.24) is 0 Å². The van der Waals surface area contributed by atoms with Crippen LogP contribution in [0, 0.1) is 7.43 Å². The van der Waals surface area contributed by atoms with Crippen LogP contribution in [0.2, 0.25) is 0 Å². The summed E-state index contributed by atoms with van der Waals surface area (Å²) in [5.41, 5.74) is 0. The average Bonchev–Trinajstić information content (AvgIpc) is 0.918. The maximum Gasteiger partial charge on any atom is 0 e. The van der Waals surface area contributed by atoms with Crippen LogP contribution in [-0.4, -0.2) is 6.08 Å². The Bertz CT molecular complexity index is 31.8. The first kappa shape index (κ1) is 31.6. The number of hydrogen-bond acceptors (Lipinski definition) is 1. The molecule has 0 aliphatic heterocycles. The Morgan fingerprint density at radius 1 is 1.50 bits per heavy atom. The van der Waals surface area contributed by atoms with Crippen molar-refractivity contribution in [2.24, 2.45) is 0 Å². The van der Waals surface area contributed by atoms with Gasteiger partial charge < -0.3 is 12.8 Å². The van der Waals surface area contributed by atoms with Crippen molar-refractivity contribution < 1.29 is 37.5 Å². The van der Waals surface area contributed by atoms with Crippen LogP contribution in [0.25, 0.3) is 5.41 Å². The molecule has 0 aromatic heterocycles. The summed E-state index contributed by atoms with van der Waals surface area (Å²) in [5, 5.41) is 6.76. The van der Waals surface area contributed by atoms with E-state index < -0.39 is 0 Å². The largest absolute Gasteiger partial charge is 0.724 e. The van der Waals surface area contributed by atoms with Crippen molar-refractivity contribution in [1.29, 1.82) is 0 Å². The molecule has 2 nitrogen and oxygen atoms in total. The van der Waals surface area contributed by atoms with Crippen LogP contribution in [0.15, 0.2) is 0 Å². The zero-order valence-corrected chi connectivity index (χ0v) is 5.77. The molecule has 0 saturated carbocycles. The molecule has 0 fully saturated rings. The summed E-state index contributed by atoms with van der Waals surface area (Å²) in [4.78, 5) is 8.24. The molecule has 0 spiro atoms. The van der Waals surface area contributed by atoms with E-state index >= 15 is 0 Å². The van der Waals surface area contributed by atoms with E-state index in [2.05, 4.69) is 0 Å². The third-order valence-electron chi connectivity index (χ3n) is 0. The first-order valence-corrected chi connectivity index (χ1v) is 0.428. The molecule has 0 aliphatic rings. The molecule has 0 aromatic rings. The summed E-state index contributed by atoms with van der Waals surface area (Å²) in [7, 11) is 0. The Kier molecular flexibility index (Phi) is 264. The fourth-order valence-corrected chi connectivity index (χ4v) is 0. The van der Waals surface area contributed by atoms with E-state index in [4.69, 9.17) is 10.2 Å². The second-order valence-corrected chi connectivity index (χ2v) is 0.0913. The molecule has 0 rings (SSSR count). The summed E-state index contributed by atoms with van der Waals surface area (Å²) in [5.74, 6) is 0. The van der Waals surface area contributed by atoms with Gasteiger partial charge in [-0.05, 0) is 6.08 Å². The summed E-state index contributed by atoms with van der Waals surface area (Å²) in [6.07, 6.45) is 0.500. The maximum absolute atomic E-state index is 8.24. The number of rotatable bonds is 0. The van der Waals surface area contributed by atoms with Gasteiger partial charge in [0.1, 0.15) is 0 Å². The van der Waals surface area contributed by atoms with Gasteiger partial charge in [0.05, 0.1) is 0 Å². The smallest absolute Gasteiger partial charge is 0 e. The van der Waals surface area contributed by atoms with Crippen LogP contribution in [0.3, 0.4) is 0 Å². The molecule has 1 radical (unpaired) electrons. The minimum atomic E-state index is 0. The second-order valence-electron chi connectivity index (χ2n) is 0.0913. The van der Waals surface area contributed by atoms with Crippen molar-refractivity contribution >= 4 is 6.08 Å². The first-order valence-electron chi connectivity index (χ1n) is 0.428. The second kappa shape index (κ2) is 50.1. The molecular weight excluding hydrogens is 155 g/mol. The van der Waals surface area contributed by atoms with Crippen molar-refractivity contribution in [2.75, 3.05) is 0 Å². The van der Waals surface area contributed by atoms with E-state index in [0.717, 1.165) is 0 Å². The fraction of sp³-hybridized carbons (Fsp3) is 0.333. The van der Waals surface area contributed by atoms with E-state index in [1.165, 1.54) is 0 Å². The normalized spacial score (nSPS) is 1.33. The van der Waals surface area contributed by atoms with Gasteiger partial charge in [0.2, 0.25) is 0 Å². The standard InChI is InChI=1S/CNO.CH4.CH3.Y/c2-1-3;;;/h;1H4;1H3;/q-1;;-1;. The third-order valence-corrected chi connectivity index (χ3v) is 0. The zero-order chi connectivity index (χ0) is 2.71. The van der Waals surface area contributed by atoms with E-state index in [0.29, 0.717) is 6.08 Å². The quantitative estimate of drug-likeness (QED) is 0.297. The number of carbonyl (C=O) groups excluding carboxylic acids is 1. The van der Waals surface area contributed by atoms with Gasteiger partial charge in [-0.15, -0.1) is 0 Å². The van der Waals surface area contributed by atoms with Gasteiger partial charge in [-0.3, -0.25) is 4.79 Å². The van der Waals surface area contributed by atoms with Crippen LogP contribution in [0.4, 0.5) is 0 Å². The van der Waals surface area contributed by atoms with E-state index in [-0.39, 0.29) is 47.6 Å². The Morgan fingerprint density at radius 2 is 1.50 bits per heavy atom. The molecule has 0 aliphatic carbocycles. The van der Waals surface area contributed by atoms with Crippen LogP contribution < -0.4 is 0 Å².